The molecule has 1 aromatic heterocycles. The maximum atomic E-state index is 12.9. The second-order valence-corrected chi connectivity index (χ2v) is 7.45. The lowest BCUT2D eigenvalue weighted by Gasteiger charge is -2.09. The Hall–Kier alpha value is -3.35. The Kier molecular flexibility index (Phi) is 5.93. The van der Waals surface area contributed by atoms with E-state index in [4.69, 9.17) is 32.4 Å². The molecule has 4 rings (SSSR count). The monoisotopic (exact) mass is 457 g/mol. The van der Waals surface area contributed by atoms with Crippen molar-refractivity contribution in [3.8, 4) is 16.9 Å². The van der Waals surface area contributed by atoms with Gasteiger partial charge < -0.3 is 14.5 Å². The molecule has 8 heteroatoms. The lowest BCUT2D eigenvalue weighted by atomic mass is 10.1. The standard InChI is InChI=1S/C23H14Cl2FNO4/c24-13-1-7-17(20(25)9-13)19-11-31-21-10-16(6-8-18(21)23(19)29)30-12-22(28)27-15-4-2-14(26)3-5-15/h1-11H,12H2,(H,27,28). The highest BCUT2D eigenvalue weighted by Gasteiger charge is 2.13. The highest BCUT2D eigenvalue weighted by molar-refractivity contribution is 6.36. The van der Waals surface area contributed by atoms with Gasteiger partial charge in [0.15, 0.2) is 6.61 Å². The average molecular weight is 458 g/mol. The fourth-order valence-electron chi connectivity index (χ4n) is 2.97. The van der Waals surface area contributed by atoms with Crippen molar-refractivity contribution in [1.29, 1.82) is 0 Å². The molecule has 0 aliphatic carbocycles. The van der Waals surface area contributed by atoms with Crippen LogP contribution >= 0.6 is 23.2 Å². The largest absolute Gasteiger partial charge is 0.484 e. The number of benzene rings is 3. The number of halogens is 3. The number of nitrogens with one attached hydrogen (secondary N) is 1. The molecule has 0 saturated carbocycles. The zero-order valence-corrected chi connectivity index (χ0v) is 17.3. The van der Waals surface area contributed by atoms with Gasteiger partial charge in [0.1, 0.15) is 23.4 Å². The van der Waals surface area contributed by atoms with E-state index < -0.39 is 11.7 Å². The molecule has 0 bridgehead atoms. The van der Waals surface area contributed by atoms with Gasteiger partial charge in [-0.1, -0.05) is 29.3 Å². The summed E-state index contributed by atoms with van der Waals surface area (Å²) in [7, 11) is 0. The van der Waals surface area contributed by atoms with Crippen LogP contribution in [0.5, 0.6) is 5.75 Å². The number of amides is 1. The van der Waals surface area contributed by atoms with E-state index in [1.807, 2.05) is 0 Å². The second-order valence-electron chi connectivity index (χ2n) is 6.60. The van der Waals surface area contributed by atoms with Crippen LogP contribution < -0.4 is 15.5 Å². The van der Waals surface area contributed by atoms with Gasteiger partial charge >= 0.3 is 0 Å². The van der Waals surface area contributed by atoms with Crippen LogP contribution in [0.15, 0.2) is 76.1 Å². The van der Waals surface area contributed by atoms with Crippen LogP contribution in [0.1, 0.15) is 0 Å². The number of carbonyl (C=O) groups excluding carboxylic acids is 1. The highest BCUT2D eigenvalue weighted by atomic mass is 35.5. The summed E-state index contributed by atoms with van der Waals surface area (Å²) < 4.78 is 24.0. The van der Waals surface area contributed by atoms with Crippen molar-refractivity contribution in [3.05, 3.63) is 93.0 Å². The van der Waals surface area contributed by atoms with E-state index in [1.54, 1.807) is 30.3 Å². The molecule has 0 unspecified atom stereocenters. The van der Waals surface area contributed by atoms with Crippen molar-refractivity contribution < 1.29 is 18.3 Å². The maximum absolute atomic E-state index is 12.9. The van der Waals surface area contributed by atoms with Gasteiger partial charge in [-0.15, -0.1) is 0 Å². The molecule has 1 heterocycles. The summed E-state index contributed by atoms with van der Waals surface area (Å²) in [5, 5.41) is 3.74. The Morgan fingerprint density at radius 1 is 1.00 bits per heavy atom. The van der Waals surface area contributed by atoms with Crippen LogP contribution in [0.3, 0.4) is 0 Å². The van der Waals surface area contributed by atoms with Gasteiger partial charge in [-0.25, -0.2) is 4.39 Å². The van der Waals surface area contributed by atoms with Gasteiger partial charge in [0, 0.05) is 22.3 Å². The van der Waals surface area contributed by atoms with E-state index in [9.17, 15) is 14.0 Å². The van der Waals surface area contributed by atoms with Crippen molar-refractivity contribution in [2.75, 3.05) is 11.9 Å². The van der Waals surface area contributed by atoms with Crippen LogP contribution in [0, 0.1) is 5.82 Å². The molecule has 0 radical (unpaired) electrons. The average Bonchev–Trinajstić information content (AvgIpc) is 2.75. The first-order valence-corrected chi connectivity index (χ1v) is 9.85. The minimum atomic E-state index is -0.416. The van der Waals surface area contributed by atoms with Crippen LogP contribution in [0.2, 0.25) is 10.0 Å². The summed E-state index contributed by atoms with van der Waals surface area (Å²) in [6.07, 6.45) is 1.32. The van der Waals surface area contributed by atoms with Crippen LogP contribution in [-0.4, -0.2) is 12.5 Å². The minimum absolute atomic E-state index is 0.258. The number of ether oxygens (including phenoxy) is 1. The first-order chi connectivity index (χ1) is 14.9. The number of anilines is 1. The Balaban J connectivity index is 1.51. The van der Waals surface area contributed by atoms with Gasteiger partial charge in [-0.2, -0.15) is 0 Å². The third-order valence-electron chi connectivity index (χ3n) is 4.47. The first kappa shape index (κ1) is 20.9. The highest BCUT2D eigenvalue weighted by Crippen LogP contribution is 2.30. The zero-order chi connectivity index (χ0) is 22.0. The van der Waals surface area contributed by atoms with E-state index in [-0.39, 0.29) is 12.0 Å². The minimum Gasteiger partial charge on any atom is -0.484 e. The van der Waals surface area contributed by atoms with Gasteiger partial charge in [0.2, 0.25) is 5.43 Å². The second kappa shape index (κ2) is 8.79. The topological polar surface area (TPSA) is 68.5 Å². The number of hydrogen-bond acceptors (Lipinski definition) is 4. The molecule has 3 aromatic carbocycles. The normalized spacial score (nSPS) is 10.8. The number of rotatable bonds is 5. The summed E-state index contributed by atoms with van der Waals surface area (Å²) in [4.78, 5) is 24.9. The van der Waals surface area contributed by atoms with Crippen molar-refractivity contribution in [2.24, 2.45) is 0 Å². The Bertz CT molecular complexity index is 1340. The van der Waals surface area contributed by atoms with Crippen molar-refractivity contribution in [2.45, 2.75) is 0 Å². The molecule has 0 fully saturated rings. The van der Waals surface area contributed by atoms with E-state index in [0.717, 1.165) is 0 Å². The smallest absolute Gasteiger partial charge is 0.262 e. The number of fused-ring (bicyclic) bond motifs is 1. The quantitative estimate of drug-likeness (QED) is 0.403. The summed E-state index contributed by atoms with van der Waals surface area (Å²) in [6, 6.07) is 14.9. The molecular formula is C23H14Cl2FNO4. The van der Waals surface area contributed by atoms with Gasteiger partial charge in [0.05, 0.1) is 16.0 Å². The lowest BCUT2D eigenvalue weighted by Crippen LogP contribution is -2.20. The molecule has 0 aliphatic rings. The molecule has 4 aromatic rings. The van der Waals surface area contributed by atoms with Gasteiger partial charge in [0.25, 0.3) is 5.91 Å². The number of hydrogen-bond donors (Lipinski definition) is 1. The molecule has 31 heavy (non-hydrogen) atoms. The van der Waals surface area contributed by atoms with Crippen LogP contribution in [0.4, 0.5) is 10.1 Å². The van der Waals surface area contributed by atoms with E-state index in [0.29, 0.717) is 43.6 Å². The van der Waals surface area contributed by atoms with E-state index >= 15 is 0 Å². The maximum Gasteiger partial charge on any atom is 0.262 e. The molecule has 0 spiro atoms. The van der Waals surface area contributed by atoms with Crippen molar-refractivity contribution in [3.63, 3.8) is 0 Å². The van der Waals surface area contributed by atoms with Crippen molar-refractivity contribution in [1.82, 2.24) is 0 Å². The van der Waals surface area contributed by atoms with E-state index in [2.05, 4.69) is 5.32 Å². The number of carbonyl (C=O) groups is 1. The molecule has 1 N–H and O–H groups in total. The predicted octanol–water partition coefficient (Wildman–Crippen LogP) is 5.92. The fraction of sp³-hybridized carbons (Fsp3) is 0.0435. The zero-order valence-electron chi connectivity index (χ0n) is 15.8. The van der Waals surface area contributed by atoms with Crippen LogP contribution in [0.25, 0.3) is 22.1 Å². The summed E-state index contributed by atoms with van der Waals surface area (Å²) in [6.45, 7) is -0.272. The Morgan fingerprint density at radius 3 is 2.52 bits per heavy atom. The third kappa shape index (κ3) is 4.71. The molecule has 1 amide bonds. The first-order valence-electron chi connectivity index (χ1n) is 9.10. The summed E-state index contributed by atoms with van der Waals surface area (Å²) in [5.74, 6) is -0.462. The summed E-state index contributed by atoms with van der Waals surface area (Å²) >= 11 is 12.1. The molecular weight excluding hydrogens is 444 g/mol. The SMILES string of the molecule is O=C(COc1ccc2c(=O)c(-c3ccc(Cl)cc3Cl)coc2c1)Nc1ccc(F)cc1. The van der Waals surface area contributed by atoms with Crippen LogP contribution in [-0.2, 0) is 4.79 Å². The molecule has 156 valence electrons. The molecule has 0 atom stereocenters. The van der Waals surface area contributed by atoms with Gasteiger partial charge in [-0.3, -0.25) is 9.59 Å². The predicted molar refractivity (Wildman–Crippen MR) is 118 cm³/mol. The van der Waals surface area contributed by atoms with E-state index in [1.165, 1.54) is 36.6 Å². The summed E-state index contributed by atoms with van der Waals surface area (Å²) in [5.41, 5.74) is 1.32. The van der Waals surface area contributed by atoms with Gasteiger partial charge in [-0.05, 0) is 48.5 Å². The fourth-order valence-corrected chi connectivity index (χ4v) is 3.48. The Morgan fingerprint density at radius 2 is 1.77 bits per heavy atom. The molecule has 5 nitrogen and oxygen atoms in total. The van der Waals surface area contributed by atoms with Crippen molar-refractivity contribution >= 4 is 45.8 Å². The lowest BCUT2D eigenvalue weighted by molar-refractivity contribution is -0.118. The third-order valence-corrected chi connectivity index (χ3v) is 5.01. The molecule has 0 saturated heterocycles. The Labute approximate surface area is 186 Å². The molecule has 0 aliphatic heterocycles.